The van der Waals surface area contributed by atoms with E-state index in [0.29, 0.717) is 5.75 Å². The molecule has 2 rings (SSSR count). The predicted molar refractivity (Wildman–Crippen MR) is 83.3 cm³/mol. The molecular weight excluding hydrogens is 304 g/mol. The molecule has 0 aliphatic carbocycles. The molecule has 1 aliphatic heterocycles. The largest absolute Gasteiger partial charge is 0.468 e. The Morgan fingerprint density at radius 3 is 2.68 bits per heavy atom. The number of carbonyl (C=O) groups is 3. The summed E-state index contributed by atoms with van der Waals surface area (Å²) in [7, 11) is 1.33. The number of hydrogen-bond donors (Lipinski definition) is 2. The lowest BCUT2D eigenvalue weighted by Crippen LogP contribution is -2.70. The quantitative estimate of drug-likeness (QED) is 0.550. The molecule has 118 valence electrons. The second kappa shape index (κ2) is 7.84. The number of ether oxygens (including phenoxy) is 1. The maximum absolute atomic E-state index is 12.0. The Balaban J connectivity index is 1.76. The summed E-state index contributed by atoms with van der Waals surface area (Å²) in [4.78, 5) is 34.5. The van der Waals surface area contributed by atoms with E-state index < -0.39 is 6.04 Å². The number of benzene rings is 1. The molecule has 6 nitrogen and oxygen atoms in total. The molecule has 1 aliphatic rings. The van der Waals surface area contributed by atoms with Crippen molar-refractivity contribution in [2.24, 2.45) is 0 Å². The summed E-state index contributed by atoms with van der Waals surface area (Å²) in [6.07, 6.45) is 0.243. The van der Waals surface area contributed by atoms with Crippen molar-refractivity contribution >= 4 is 29.5 Å². The van der Waals surface area contributed by atoms with Gasteiger partial charge in [-0.05, 0) is 5.56 Å². The molecule has 1 fully saturated rings. The number of amides is 2. The lowest BCUT2D eigenvalue weighted by molar-refractivity contribution is -0.137. The highest BCUT2D eigenvalue weighted by molar-refractivity contribution is 7.99. The number of thioether (sulfide) groups is 1. The summed E-state index contributed by atoms with van der Waals surface area (Å²) in [6.45, 7) is 0. The summed E-state index contributed by atoms with van der Waals surface area (Å²) in [5, 5.41) is 5.46. The van der Waals surface area contributed by atoms with Crippen LogP contribution in [0.1, 0.15) is 5.56 Å². The van der Waals surface area contributed by atoms with E-state index in [4.69, 9.17) is 0 Å². The first-order valence-corrected chi connectivity index (χ1v) is 8.04. The van der Waals surface area contributed by atoms with Crippen LogP contribution in [-0.2, 0) is 25.5 Å². The third-order valence-electron chi connectivity index (χ3n) is 3.28. The van der Waals surface area contributed by atoms with Gasteiger partial charge in [0, 0.05) is 5.75 Å². The Kier molecular flexibility index (Phi) is 5.83. The summed E-state index contributed by atoms with van der Waals surface area (Å²) >= 11 is 1.37. The van der Waals surface area contributed by atoms with Crippen LogP contribution in [0.4, 0.5) is 0 Å². The van der Waals surface area contributed by atoms with Crippen LogP contribution in [0.3, 0.4) is 0 Å². The molecule has 0 saturated carbocycles. The van der Waals surface area contributed by atoms with Crippen LogP contribution in [0.2, 0.25) is 0 Å². The van der Waals surface area contributed by atoms with E-state index in [1.165, 1.54) is 18.9 Å². The first-order valence-electron chi connectivity index (χ1n) is 6.88. The first kappa shape index (κ1) is 16.4. The lowest BCUT2D eigenvalue weighted by Gasteiger charge is -2.36. The van der Waals surface area contributed by atoms with Gasteiger partial charge in [0.25, 0.3) is 0 Å². The molecular formula is C15H18N2O4S. The average molecular weight is 322 g/mol. The minimum Gasteiger partial charge on any atom is -0.468 e. The second-order valence-electron chi connectivity index (χ2n) is 4.91. The third-order valence-corrected chi connectivity index (χ3v) is 4.32. The number of methoxy groups -OCH3 is 1. The molecule has 2 unspecified atom stereocenters. The zero-order chi connectivity index (χ0) is 15.9. The molecule has 1 aromatic carbocycles. The summed E-state index contributed by atoms with van der Waals surface area (Å²) in [6, 6.07) is 8.67. The fourth-order valence-corrected chi connectivity index (χ4v) is 3.01. The Hall–Kier alpha value is -2.02. The van der Waals surface area contributed by atoms with Crippen molar-refractivity contribution in [2.75, 3.05) is 18.6 Å². The van der Waals surface area contributed by atoms with Gasteiger partial charge in [0.05, 0.1) is 25.3 Å². The molecule has 2 atom stereocenters. The Morgan fingerprint density at radius 2 is 2.05 bits per heavy atom. The van der Waals surface area contributed by atoms with Crippen molar-refractivity contribution in [2.45, 2.75) is 18.5 Å². The maximum Gasteiger partial charge on any atom is 0.315 e. The number of rotatable bonds is 7. The molecule has 2 N–H and O–H groups in total. The van der Waals surface area contributed by atoms with E-state index in [1.807, 2.05) is 30.3 Å². The molecule has 7 heteroatoms. The molecule has 0 radical (unpaired) electrons. The summed E-state index contributed by atoms with van der Waals surface area (Å²) in [5.74, 6) is 0.101. The lowest BCUT2D eigenvalue weighted by atomic mass is 10.0. The van der Waals surface area contributed by atoms with Crippen molar-refractivity contribution in [3.8, 4) is 0 Å². The fourth-order valence-electron chi connectivity index (χ4n) is 2.08. The highest BCUT2D eigenvalue weighted by Gasteiger charge is 2.39. The minimum absolute atomic E-state index is 0.151. The van der Waals surface area contributed by atoms with Crippen molar-refractivity contribution in [1.29, 1.82) is 0 Å². The van der Waals surface area contributed by atoms with Gasteiger partial charge in [-0.2, -0.15) is 0 Å². The zero-order valence-corrected chi connectivity index (χ0v) is 13.0. The van der Waals surface area contributed by atoms with Crippen LogP contribution in [0.25, 0.3) is 0 Å². The molecule has 1 saturated heterocycles. The van der Waals surface area contributed by atoms with E-state index in [1.54, 1.807) is 0 Å². The standard InChI is InChI=1S/C15H18N2O4S/c1-21-13(19)9-22-8-11-14(15(20)16-11)17-12(18)7-10-5-3-2-4-6-10/h2-6,11,14H,7-9H2,1H3,(H,16,20)(H,17,18). The van der Waals surface area contributed by atoms with Crippen LogP contribution in [0, 0.1) is 0 Å². The molecule has 0 spiro atoms. The van der Waals surface area contributed by atoms with E-state index in [2.05, 4.69) is 15.4 Å². The molecule has 1 aromatic rings. The maximum atomic E-state index is 12.0. The molecule has 1 heterocycles. The zero-order valence-electron chi connectivity index (χ0n) is 12.2. The van der Waals surface area contributed by atoms with Gasteiger partial charge in [-0.25, -0.2) is 0 Å². The molecule has 2 amide bonds. The molecule has 0 aromatic heterocycles. The van der Waals surface area contributed by atoms with Crippen LogP contribution in [0.15, 0.2) is 30.3 Å². The minimum atomic E-state index is -0.527. The van der Waals surface area contributed by atoms with Crippen LogP contribution in [0.5, 0.6) is 0 Å². The van der Waals surface area contributed by atoms with E-state index in [9.17, 15) is 14.4 Å². The number of carbonyl (C=O) groups excluding carboxylic acids is 3. The van der Waals surface area contributed by atoms with E-state index >= 15 is 0 Å². The SMILES string of the molecule is COC(=O)CSCC1NC(=O)C1NC(=O)Cc1ccccc1. The van der Waals surface area contributed by atoms with Crippen molar-refractivity contribution in [3.63, 3.8) is 0 Å². The highest BCUT2D eigenvalue weighted by Crippen LogP contribution is 2.14. The number of nitrogens with one attached hydrogen (secondary N) is 2. The van der Waals surface area contributed by atoms with E-state index in [-0.39, 0.29) is 36.0 Å². The van der Waals surface area contributed by atoms with Gasteiger partial charge in [-0.3, -0.25) is 14.4 Å². The van der Waals surface area contributed by atoms with Crippen LogP contribution < -0.4 is 10.6 Å². The van der Waals surface area contributed by atoms with Gasteiger partial charge < -0.3 is 15.4 Å². The van der Waals surface area contributed by atoms with Crippen LogP contribution in [-0.4, -0.2) is 48.5 Å². The average Bonchev–Trinajstić information content (AvgIpc) is 2.52. The van der Waals surface area contributed by atoms with Gasteiger partial charge in [-0.15, -0.1) is 11.8 Å². The summed E-state index contributed by atoms with van der Waals surface area (Å²) < 4.78 is 4.55. The van der Waals surface area contributed by atoms with Gasteiger partial charge in [-0.1, -0.05) is 30.3 Å². The van der Waals surface area contributed by atoms with E-state index in [0.717, 1.165) is 5.56 Å². The monoisotopic (exact) mass is 322 g/mol. The third kappa shape index (κ3) is 4.49. The highest BCUT2D eigenvalue weighted by atomic mass is 32.2. The number of β-lactam (4-membered cyclic amide) rings is 1. The van der Waals surface area contributed by atoms with Gasteiger partial charge in [0.2, 0.25) is 11.8 Å². The Bertz CT molecular complexity index is 550. The Morgan fingerprint density at radius 1 is 1.32 bits per heavy atom. The van der Waals surface area contributed by atoms with Gasteiger partial charge >= 0.3 is 5.97 Å². The topological polar surface area (TPSA) is 84.5 Å². The Labute approximate surface area is 133 Å². The van der Waals surface area contributed by atoms with Gasteiger partial charge in [0.15, 0.2) is 0 Å². The smallest absolute Gasteiger partial charge is 0.315 e. The number of esters is 1. The van der Waals surface area contributed by atoms with Crippen LogP contribution >= 0.6 is 11.8 Å². The molecule has 0 bridgehead atoms. The molecule has 22 heavy (non-hydrogen) atoms. The normalized spacial score (nSPS) is 19.8. The van der Waals surface area contributed by atoms with Crippen molar-refractivity contribution in [1.82, 2.24) is 10.6 Å². The predicted octanol–water partition coefficient (Wildman–Crippen LogP) is 0.119. The summed E-state index contributed by atoms with van der Waals surface area (Å²) in [5.41, 5.74) is 0.899. The second-order valence-corrected chi connectivity index (χ2v) is 5.94. The number of hydrogen-bond acceptors (Lipinski definition) is 5. The van der Waals surface area contributed by atoms with Crippen molar-refractivity contribution in [3.05, 3.63) is 35.9 Å². The van der Waals surface area contributed by atoms with Crippen molar-refractivity contribution < 1.29 is 19.1 Å². The van der Waals surface area contributed by atoms with Gasteiger partial charge in [0.1, 0.15) is 6.04 Å². The first-order chi connectivity index (χ1) is 10.6. The fraction of sp³-hybridized carbons (Fsp3) is 0.400.